The molecule has 0 aromatic heterocycles. The first-order valence-electron chi connectivity index (χ1n) is 8.48. The van der Waals surface area contributed by atoms with E-state index in [0.717, 1.165) is 12.8 Å². The molecule has 1 N–H and O–H groups in total. The fourth-order valence-electron chi connectivity index (χ4n) is 2.70. The van der Waals surface area contributed by atoms with E-state index < -0.39 is 5.97 Å². The average Bonchev–Trinajstić information content (AvgIpc) is 2.78. The predicted octanol–water partition coefficient (Wildman–Crippen LogP) is 4.56. The fraction of sp³-hybridized carbons (Fsp3) is 0.941. The van der Waals surface area contributed by atoms with Crippen molar-refractivity contribution in [2.45, 2.75) is 78.6 Å². The van der Waals surface area contributed by atoms with E-state index in [9.17, 15) is 0 Å². The first-order valence-corrected chi connectivity index (χ1v) is 8.48. The Morgan fingerprint density at radius 2 is 1.60 bits per heavy atom. The summed E-state index contributed by atoms with van der Waals surface area (Å²) in [5, 5.41) is 7.42. The number of hydrogen-bond donors (Lipinski definition) is 1. The summed E-state index contributed by atoms with van der Waals surface area (Å²) in [6, 6.07) is 0. The highest BCUT2D eigenvalue weighted by atomic mass is 16.4. The zero-order valence-electron chi connectivity index (χ0n) is 13.9. The minimum absolute atomic E-state index is 0.833. The van der Waals surface area contributed by atoms with Crippen molar-refractivity contribution in [3.8, 4) is 0 Å². The van der Waals surface area contributed by atoms with E-state index in [1.165, 1.54) is 77.4 Å². The van der Waals surface area contributed by atoms with Gasteiger partial charge >= 0.3 is 0 Å². The number of unbranched alkanes of at least 4 members (excludes halogenated alkanes) is 7. The van der Waals surface area contributed by atoms with Crippen LogP contribution in [0, 0.1) is 5.92 Å². The summed E-state index contributed by atoms with van der Waals surface area (Å²) >= 11 is 0. The third kappa shape index (κ3) is 13.9. The van der Waals surface area contributed by atoms with Gasteiger partial charge in [-0.1, -0.05) is 58.8 Å². The second kappa shape index (κ2) is 13.4. The predicted molar refractivity (Wildman–Crippen MR) is 86.1 cm³/mol. The number of hydrogen-bond acceptors (Lipinski definition) is 2. The van der Waals surface area contributed by atoms with E-state index in [1.807, 2.05) is 0 Å². The van der Waals surface area contributed by atoms with Crippen LogP contribution in [0.5, 0.6) is 0 Å². The maximum atomic E-state index is 9.00. The lowest BCUT2D eigenvalue weighted by Gasteiger charge is -2.14. The summed E-state index contributed by atoms with van der Waals surface area (Å²) in [5.74, 6) is 0.119. The third-order valence-electron chi connectivity index (χ3n) is 3.84. The van der Waals surface area contributed by atoms with Crippen LogP contribution >= 0.6 is 0 Å². The zero-order valence-corrected chi connectivity index (χ0v) is 13.9. The molecule has 3 nitrogen and oxygen atoms in total. The van der Waals surface area contributed by atoms with Gasteiger partial charge in [-0.2, -0.15) is 0 Å². The molecule has 1 rings (SSSR count). The molecule has 120 valence electrons. The Balaban J connectivity index is 0.000000796. The van der Waals surface area contributed by atoms with E-state index in [-0.39, 0.29) is 0 Å². The van der Waals surface area contributed by atoms with Crippen molar-refractivity contribution >= 4 is 5.97 Å². The van der Waals surface area contributed by atoms with Crippen LogP contribution in [-0.4, -0.2) is 35.6 Å². The summed E-state index contributed by atoms with van der Waals surface area (Å²) in [4.78, 5) is 11.7. The minimum Gasteiger partial charge on any atom is -0.481 e. The molecule has 3 heteroatoms. The number of rotatable bonds is 9. The quantitative estimate of drug-likeness (QED) is 0.631. The van der Waals surface area contributed by atoms with Gasteiger partial charge in [0, 0.05) is 13.5 Å². The Morgan fingerprint density at radius 3 is 2.05 bits per heavy atom. The summed E-state index contributed by atoms with van der Waals surface area (Å²) in [7, 11) is 0. The summed E-state index contributed by atoms with van der Waals surface area (Å²) in [5.41, 5.74) is 0. The molecule has 0 aromatic rings. The van der Waals surface area contributed by atoms with Gasteiger partial charge < -0.3 is 10.0 Å². The lowest BCUT2D eigenvalue weighted by atomic mass is 10.1. The van der Waals surface area contributed by atoms with Crippen molar-refractivity contribution in [3.63, 3.8) is 0 Å². The van der Waals surface area contributed by atoms with Crippen molar-refractivity contribution < 1.29 is 9.90 Å². The van der Waals surface area contributed by atoms with Gasteiger partial charge in [0.25, 0.3) is 5.97 Å². The molecule has 1 atom stereocenters. The van der Waals surface area contributed by atoms with Crippen molar-refractivity contribution in [2.24, 2.45) is 5.92 Å². The van der Waals surface area contributed by atoms with Crippen molar-refractivity contribution in [3.05, 3.63) is 0 Å². The number of likely N-dealkylation sites (tertiary alicyclic amines) is 1. The van der Waals surface area contributed by atoms with Crippen LogP contribution < -0.4 is 0 Å². The van der Waals surface area contributed by atoms with Crippen LogP contribution in [0.15, 0.2) is 0 Å². The largest absolute Gasteiger partial charge is 0.481 e. The van der Waals surface area contributed by atoms with Crippen molar-refractivity contribution in [2.75, 3.05) is 19.6 Å². The van der Waals surface area contributed by atoms with Gasteiger partial charge in [0.1, 0.15) is 0 Å². The van der Waals surface area contributed by atoms with Crippen LogP contribution in [0.3, 0.4) is 0 Å². The molecule has 0 bridgehead atoms. The highest BCUT2D eigenvalue weighted by Gasteiger charge is 2.17. The molecule has 20 heavy (non-hydrogen) atoms. The number of carboxylic acids is 1. The molecule has 0 spiro atoms. The van der Waals surface area contributed by atoms with Crippen LogP contribution in [0.1, 0.15) is 78.6 Å². The average molecular weight is 285 g/mol. The molecule has 0 aliphatic carbocycles. The van der Waals surface area contributed by atoms with Gasteiger partial charge in [0.05, 0.1) is 0 Å². The zero-order chi connectivity index (χ0) is 15.2. The lowest BCUT2D eigenvalue weighted by Crippen LogP contribution is -2.21. The van der Waals surface area contributed by atoms with Crippen LogP contribution in [0.25, 0.3) is 0 Å². The Morgan fingerprint density at radius 1 is 1.10 bits per heavy atom. The Hall–Kier alpha value is -0.570. The minimum atomic E-state index is -0.833. The topological polar surface area (TPSA) is 40.5 Å². The Bertz CT molecular complexity index is 227. The lowest BCUT2D eigenvalue weighted by molar-refractivity contribution is -0.134. The molecular formula is C17H35NO2. The monoisotopic (exact) mass is 285 g/mol. The Labute approximate surface area is 125 Å². The first kappa shape index (κ1) is 19.4. The summed E-state index contributed by atoms with van der Waals surface area (Å²) in [6.45, 7) is 9.83. The highest BCUT2D eigenvalue weighted by molar-refractivity contribution is 5.62. The third-order valence-corrected chi connectivity index (χ3v) is 3.84. The number of nitrogens with zero attached hydrogens (tertiary/aromatic N) is 1. The molecule has 1 unspecified atom stereocenters. The fourth-order valence-corrected chi connectivity index (χ4v) is 2.70. The van der Waals surface area contributed by atoms with E-state index >= 15 is 0 Å². The Kier molecular flexibility index (Phi) is 13.0. The first-order chi connectivity index (χ1) is 9.56. The molecule has 1 fully saturated rings. The number of carboxylic acid groups (broad SMARTS) is 1. The SMILES string of the molecule is CC(=O)O.CCCCCCCCCCN1CCC(C)C1. The molecule has 1 aliphatic rings. The molecule has 1 heterocycles. The second-order valence-electron chi connectivity index (χ2n) is 6.19. The maximum Gasteiger partial charge on any atom is 0.300 e. The van der Waals surface area contributed by atoms with E-state index in [1.54, 1.807) is 0 Å². The molecule has 0 amide bonds. The van der Waals surface area contributed by atoms with Gasteiger partial charge in [0.2, 0.25) is 0 Å². The van der Waals surface area contributed by atoms with Crippen molar-refractivity contribution in [1.82, 2.24) is 4.90 Å². The van der Waals surface area contributed by atoms with Crippen LogP contribution in [0.2, 0.25) is 0 Å². The highest BCUT2D eigenvalue weighted by Crippen LogP contribution is 2.16. The van der Waals surface area contributed by atoms with E-state index in [0.29, 0.717) is 0 Å². The molecular weight excluding hydrogens is 250 g/mol. The standard InChI is InChI=1S/C15H31N.C2H4O2/c1-3-4-5-6-7-8-9-10-12-16-13-11-15(2)14-16;1-2(3)4/h15H,3-14H2,1-2H3;1H3,(H,3,4). The smallest absolute Gasteiger partial charge is 0.300 e. The maximum absolute atomic E-state index is 9.00. The van der Waals surface area contributed by atoms with Gasteiger partial charge in [0.15, 0.2) is 0 Å². The molecule has 0 aromatic carbocycles. The van der Waals surface area contributed by atoms with Gasteiger partial charge in [-0.3, -0.25) is 4.79 Å². The number of aliphatic carboxylic acids is 1. The normalized spacial score (nSPS) is 18.6. The molecule has 1 saturated heterocycles. The van der Waals surface area contributed by atoms with Gasteiger partial charge in [-0.25, -0.2) is 0 Å². The van der Waals surface area contributed by atoms with E-state index in [2.05, 4.69) is 18.7 Å². The molecule has 0 radical (unpaired) electrons. The second-order valence-corrected chi connectivity index (χ2v) is 6.19. The van der Waals surface area contributed by atoms with E-state index in [4.69, 9.17) is 9.90 Å². The van der Waals surface area contributed by atoms with Gasteiger partial charge in [-0.05, 0) is 31.8 Å². The summed E-state index contributed by atoms with van der Waals surface area (Å²) < 4.78 is 0. The van der Waals surface area contributed by atoms with Crippen molar-refractivity contribution in [1.29, 1.82) is 0 Å². The molecule has 1 aliphatic heterocycles. The van der Waals surface area contributed by atoms with Gasteiger partial charge in [-0.15, -0.1) is 0 Å². The van der Waals surface area contributed by atoms with Crippen LogP contribution in [0.4, 0.5) is 0 Å². The summed E-state index contributed by atoms with van der Waals surface area (Å²) in [6.07, 6.45) is 13.0. The number of carbonyl (C=O) groups is 1. The molecule has 0 saturated carbocycles. The van der Waals surface area contributed by atoms with Crippen LogP contribution in [-0.2, 0) is 4.79 Å².